The second kappa shape index (κ2) is 6.58. The molecular formula is C16H27NO2. The van der Waals surface area contributed by atoms with Gasteiger partial charge in [-0.25, -0.2) is 0 Å². The minimum absolute atomic E-state index is 0.149. The summed E-state index contributed by atoms with van der Waals surface area (Å²) in [6.45, 7) is 9.50. The fraction of sp³-hybridized carbons (Fsp3) is 0.750. The Bertz CT molecular complexity index is 351. The van der Waals surface area contributed by atoms with E-state index in [0.717, 1.165) is 31.8 Å². The minimum atomic E-state index is -0.149. The highest BCUT2D eigenvalue weighted by atomic mass is 16.3. The highest BCUT2D eigenvalue weighted by molar-refractivity contribution is 4.98. The van der Waals surface area contributed by atoms with Crippen LogP contribution < -0.4 is 0 Å². The number of aliphatic hydroxyl groups is 1. The number of rotatable bonds is 5. The van der Waals surface area contributed by atoms with E-state index >= 15 is 0 Å². The van der Waals surface area contributed by atoms with Crippen molar-refractivity contribution in [3.63, 3.8) is 0 Å². The van der Waals surface area contributed by atoms with Crippen LogP contribution >= 0.6 is 0 Å². The molecular weight excluding hydrogens is 238 g/mol. The van der Waals surface area contributed by atoms with Gasteiger partial charge < -0.3 is 9.52 Å². The van der Waals surface area contributed by atoms with Crippen molar-refractivity contribution in [2.24, 2.45) is 17.8 Å². The van der Waals surface area contributed by atoms with Crippen LogP contribution in [0.2, 0.25) is 0 Å². The molecule has 1 fully saturated rings. The normalized spacial score (nSPS) is 31.8. The van der Waals surface area contributed by atoms with E-state index in [-0.39, 0.29) is 6.10 Å². The zero-order chi connectivity index (χ0) is 13.8. The standard InChI is InChI=1S/C16H27NO2/c1-4-17(10-14-6-5-7-19-14)11-15-13(3)8-12(2)9-16(15)18/h5-7,12-13,15-16,18H,4,8-11H2,1-3H3. The second-order valence-corrected chi connectivity index (χ2v) is 6.19. The monoisotopic (exact) mass is 265 g/mol. The lowest BCUT2D eigenvalue weighted by atomic mass is 9.73. The maximum atomic E-state index is 10.3. The third-order valence-corrected chi connectivity index (χ3v) is 4.52. The Morgan fingerprint density at radius 1 is 1.37 bits per heavy atom. The minimum Gasteiger partial charge on any atom is -0.468 e. The number of aliphatic hydroxyl groups excluding tert-OH is 1. The van der Waals surface area contributed by atoms with Crippen LogP contribution in [-0.4, -0.2) is 29.2 Å². The molecule has 3 heteroatoms. The molecule has 4 atom stereocenters. The summed E-state index contributed by atoms with van der Waals surface area (Å²) in [5.74, 6) is 2.66. The smallest absolute Gasteiger partial charge is 0.117 e. The molecule has 0 radical (unpaired) electrons. The summed E-state index contributed by atoms with van der Waals surface area (Å²) in [4.78, 5) is 2.37. The summed E-state index contributed by atoms with van der Waals surface area (Å²) in [7, 11) is 0. The summed E-state index contributed by atoms with van der Waals surface area (Å²) in [5.41, 5.74) is 0. The zero-order valence-electron chi connectivity index (χ0n) is 12.4. The Hall–Kier alpha value is -0.800. The predicted molar refractivity (Wildman–Crippen MR) is 76.7 cm³/mol. The van der Waals surface area contributed by atoms with Gasteiger partial charge >= 0.3 is 0 Å². The fourth-order valence-electron chi connectivity index (χ4n) is 3.40. The van der Waals surface area contributed by atoms with Gasteiger partial charge in [-0.15, -0.1) is 0 Å². The molecule has 108 valence electrons. The largest absolute Gasteiger partial charge is 0.468 e. The molecule has 1 aromatic heterocycles. The van der Waals surface area contributed by atoms with E-state index in [1.165, 1.54) is 6.42 Å². The Balaban J connectivity index is 1.93. The summed E-state index contributed by atoms with van der Waals surface area (Å²) >= 11 is 0. The van der Waals surface area contributed by atoms with E-state index in [1.54, 1.807) is 6.26 Å². The van der Waals surface area contributed by atoms with Crippen LogP contribution in [0.1, 0.15) is 39.4 Å². The topological polar surface area (TPSA) is 36.6 Å². The van der Waals surface area contributed by atoms with Gasteiger partial charge in [0.05, 0.1) is 18.9 Å². The molecule has 4 unspecified atom stereocenters. The van der Waals surface area contributed by atoms with Crippen LogP contribution in [0.15, 0.2) is 22.8 Å². The molecule has 0 amide bonds. The number of hydrogen-bond acceptors (Lipinski definition) is 3. The van der Waals surface area contributed by atoms with E-state index in [0.29, 0.717) is 17.8 Å². The highest BCUT2D eigenvalue weighted by Gasteiger charge is 2.33. The van der Waals surface area contributed by atoms with Gasteiger partial charge in [0.2, 0.25) is 0 Å². The van der Waals surface area contributed by atoms with Crippen LogP contribution in [0.5, 0.6) is 0 Å². The molecule has 0 aliphatic heterocycles. The SMILES string of the molecule is CCN(Cc1ccco1)CC1C(C)CC(C)CC1O. The second-order valence-electron chi connectivity index (χ2n) is 6.19. The van der Waals surface area contributed by atoms with Gasteiger partial charge in [-0.05, 0) is 43.4 Å². The van der Waals surface area contributed by atoms with Crippen molar-refractivity contribution in [1.82, 2.24) is 4.90 Å². The van der Waals surface area contributed by atoms with E-state index < -0.39 is 0 Å². The molecule has 19 heavy (non-hydrogen) atoms. The first-order chi connectivity index (χ1) is 9.10. The lowest BCUT2D eigenvalue weighted by molar-refractivity contribution is -0.00337. The fourth-order valence-corrected chi connectivity index (χ4v) is 3.40. The molecule has 0 spiro atoms. The lowest BCUT2D eigenvalue weighted by Gasteiger charge is -2.39. The lowest BCUT2D eigenvalue weighted by Crippen LogP contribution is -2.42. The van der Waals surface area contributed by atoms with Crippen LogP contribution in [-0.2, 0) is 6.54 Å². The van der Waals surface area contributed by atoms with Gasteiger partial charge in [0.15, 0.2) is 0 Å². The van der Waals surface area contributed by atoms with Gasteiger partial charge in [-0.2, -0.15) is 0 Å². The quantitative estimate of drug-likeness (QED) is 0.888. The van der Waals surface area contributed by atoms with Crippen molar-refractivity contribution in [3.05, 3.63) is 24.2 Å². The summed E-state index contributed by atoms with van der Waals surface area (Å²) < 4.78 is 5.42. The van der Waals surface area contributed by atoms with E-state index in [1.807, 2.05) is 12.1 Å². The summed E-state index contributed by atoms with van der Waals surface area (Å²) in [6, 6.07) is 3.95. The predicted octanol–water partition coefficient (Wildman–Crippen LogP) is 3.14. The zero-order valence-corrected chi connectivity index (χ0v) is 12.4. The molecule has 1 N–H and O–H groups in total. The molecule has 3 nitrogen and oxygen atoms in total. The van der Waals surface area contributed by atoms with Crippen LogP contribution in [0, 0.1) is 17.8 Å². The van der Waals surface area contributed by atoms with Crippen LogP contribution in [0.4, 0.5) is 0 Å². The molecule has 0 saturated heterocycles. The van der Waals surface area contributed by atoms with Crippen LogP contribution in [0.3, 0.4) is 0 Å². The summed E-state index contributed by atoms with van der Waals surface area (Å²) in [6.07, 6.45) is 3.76. The van der Waals surface area contributed by atoms with Crippen molar-refractivity contribution in [2.45, 2.75) is 46.3 Å². The van der Waals surface area contributed by atoms with Gasteiger partial charge in [0.25, 0.3) is 0 Å². The molecule has 0 aromatic carbocycles. The molecule has 1 aliphatic carbocycles. The van der Waals surface area contributed by atoms with Gasteiger partial charge in [0, 0.05) is 12.5 Å². The third kappa shape index (κ3) is 3.83. The molecule has 2 rings (SSSR count). The Kier molecular flexibility index (Phi) is 5.06. The molecule has 1 saturated carbocycles. The van der Waals surface area contributed by atoms with E-state index in [2.05, 4.69) is 25.7 Å². The van der Waals surface area contributed by atoms with E-state index in [4.69, 9.17) is 4.42 Å². The first-order valence-corrected chi connectivity index (χ1v) is 7.53. The highest BCUT2D eigenvalue weighted by Crippen LogP contribution is 2.34. The molecule has 1 aromatic rings. The molecule has 0 bridgehead atoms. The van der Waals surface area contributed by atoms with Gasteiger partial charge in [-0.3, -0.25) is 4.90 Å². The average molecular weight is 265 g/mol. The number of nitrogens with zero attached hydrogens (tertiary/aromatic N) is 1. The maximum absolute atomic E-state index is 10.3. The van der Waals surface area contributed by atoms with Gasteiger partial charge in [0.1, 0.15) is 5.76 Å². The van der Waals surface area contributed by atoms with Crippen molar-refractivity contribution < 1.29 is 9.52 Å². The average Bonchev–Trinajstić information content (AvgIpc) is 2.84. The van der Waals surface area contributed by atoms with Gasteiger partial charge in [-0.1, -0.05) is 20.8 Å². The Morgan fingerprint density at radius 2 is 2.16 bits per heavy atom. The van der Waals surface area contributed by atoms with Crippen molar-refractivity contribution in [1.29, 1.82) is 0 Å². The van der Waals surface area contributed by atoms with E-state index in [9.17, 15) is 5.11 Å². The van der Waals surface area contributed by atoms with Crippen molar-refractivity contribution >= 4 is 0 Å². The first kappa shape index (κ1) is 14.6. The molecule has 1 aliphatic rings. The maximum Gasteiger partial charge on any atom is 0.117 e. The Labute approximate surface area is 116 Å². The summed E-state index contributed by atoms with van der Waals surface area (Å²) in [5, 5.41) is 10.3. The molecule has 1 heterocycles. The Morgan fingerprint density at radius 3 is 2.74 bits per heavy atom. The number of hydrogen-bond donors (Lipinski definition) is 1. The van der Waals surface area contributed by atoms with Crippen molar-refractivity contribution in [3.8, 4) is 0 Å². The van der Waals surface area contributed by atoms with Crippen molar-refractivity contribution in [2.75, 3.05) is 13.1 Å². The first-order valence-electron chi connectivity index (χ1n) is 7.53. The third-order valence-electron chi connectivity index (χ3n) is 4.52. The van der Waals surface area contributed by atoms with Crippen LogP contribution in [0.25, 0.3) is 0 Å². The number of furan rings is 1.